The number of nitrogens with zero attached hydrogens (tertiary/aromatic N) is 3. The second-order valence-corrected chi connectivity index (χ2v) is 6.97. The van der Waals surface area contributed by atoms with E-state index in [1.165, 1.54) is 4.57 Å². The largest absolute Gasteiger partial charge is 0.402 e. The topological polar surface area (TPSA) is 109 Å². The Morgan fingerprint density at radius 1 is 1.46 bits per heavy atom. The Bertz CT molecular complexity index is 920. The van der Waals surface area contributed by atoms with Crippen molar-refractivity contribution in [3.05, 3.63) is 46.2 Å². The van der Waals surface area contributed by atoms with E-state index < -0.39 is 0 Å². The van der Waals surface area contributed by atoms with Crippen molar-refractivity contribution in [3.8, 4) is 0 Å². The minimum Gasteiger partial charge on any atom is -0.402 e. The number of hydrogen-bond donors (Lipinski definition) is 3. The maximum atomic E-state index is 13.2. The molecule has 8 nitrogen and oxygen atoms in total. The molecule has 1 unspecified atom stereocenters. The molecule has 0 spiro atoms. The van der Waals surface area contributed by atoms with Crippen molar-refractivity contribution < 1.29 is 4.79 Å². The van der Waals surface area contributed by atoms with Gasteiger partial charge in [0.2, 0.25) is 0 Å². The number of carbonyl (C=O) groups is 1. The van der Waals surface area contributed by atoms with Crippen LogP contribution in [0.2, 0.25) is 0 Å². The predicted octanol–water partition coefficient (Wildman–Crippen LogP) is 1.94. The van der Waals surface area contributed by atoms with Gasteiger partial charge in [-0.15, -0.1) is 0 Å². The van der Waals surface area contributed by atoms with E-state index in [1.807, 2.05) is 7.05 Å². The first-order valence-electron chi connectivity index (χ1n) is 9.49. The van der Waals surface area contributed by atoms with Crippen molar-refractivity contribution in [2.45, 2.75) is 39.2 Å². The molecule has 2 aromatic rings. The Morgan fingerprint density at radius 2 is 2.21 bits per heavy atom. The number of nitrogens with two attached hydrogens (primary N) is 1. The van der Waals surface area contributed by atoms with E-state index in [0.29, 0.717) is 28.7 Å². The van der Waals surface area contributed by atoms with Gasteiger partial charge in [0.25, 0.3) is 11.5 Å². The van der Waals surface area contributed by atoms with Gasteiger partial charge in [-0.05, 0) is 31.9 Å². The molecule has 4 N–H and O–H groups in total. The fraction of sp³-hybridized carbons (Fsp3) is 0.450. The van der Waals surface area contributed by atoms with Gasteiger partial charge in [0.1, 0.15) is 5.52 Å². The first-order valence-corrected chi connectivity index (χ1v) is 9.49. The van der Waals surface area contributed by atoms with Crippen LogP contribution < -0.4 is 16.7 Å². The van der Waals surface area contributed by atoms with Crippen molar-refractivity contribution >= 4 is 23.0 Å². The Balaban J connectivity index is 2.13. The number of aromatic amines is 1. The summed E-state index contributed by atoms with van der Waals surface area (Å²) in [6.45, 7) is 4.54. The summed E-state index contributed by atoms with van der Waals surface area (Å²) in [7, 11) is 3.47. The molecule has 0 aliphatic heterocycles. The number of aromatic nitrogens is 2. The van der Waals surface area contributed by atoms with E-state index in [9.17, 15) is 9.59 Å². The lowest BCUT2D eigenvalue weighted by Gasteiger charge is -2.28. The number of nitrogens with one attached hydrogen (secondary N) is 2. The summed E-state index contributed by atoms with van der Waals surface area (Å²) in [4.78, 5) is 30.1. The molecule has 0 saturated carbocycles. The van der Waals surface area contributed by atoms with Crippen LogP contribution in [-0.2, 0) is 7.05 Å². The molecule has 2 aromatic heterocycles. The first-order chi connectivity index (χ1) is 13.4. The van der Waals surface area contributed by atoms with Gasteiger partial charge in [-0.2, -0.15) is 5.10 Å². The third-order valence-corrected chi connectivity index (χ3v) is 4.71. The highest BCUT2D eigenvalue weighted by molar-refractivity contribution is 6.05. The van der Waals surface area contributed by atoms with Gasteiger partial charge in [0, 0.05) is 56.4 Å². The molecule has 2 heterocycles. The maximum absolute atomic E-state index is 13.2. The lowest BCUT2D eigenvalue weighted by molar-refractivity contribution is 0.0716. The minimum absolute atomic E-state index is 0.0678. The normalized spacial score (nSPS) is 13.2. The predicted molar refractivity (Wildman–Crippen MR) is 113 cm³/mol. The molecule has 0 aliphatic carbocycles. The summed E-state index contributed by atoms with van der Waals surface area (Å²) in [6, 6.07) is 1.84. The number of hydrazone groups is 1. The Hall–Kier alpha value is -3.03. The van der Waals surface area contributed by atoms with Crippen LogP contribution in [0.1, 0.15) is 43.5 Å². The molecule has 28 heavy (non-hydrogen) atoms. The number of pyridine rings is 1. The van der Waals surface area contributed by atoms with Crippen molar-refractivity contribution in [2.75, 3.05) is 13.6 Å². The SMILES string of the molecule is CCCC(CCNN=CC=C(C)N)N(C)C(=O)c1cn(C)c(=O)c2[nH]ccc12. The van der Waals surface area contributed by atoms with Gasteiger partial charge in [0.05, 0.1) is 5.56 Å². The first kappa shape index (κ1) is 21.3. The average molecular weight is 387 g/mol. The molecule has 2 rings (SSSR count). The number of hydrogen-bond acceptors (Lipinski definition) is 5. The van der Waals surface area contributed by atoms with Crippen LogP contribution in [0, 0.1) is 0 Å². The summed E-state index contributed by atoms with van der Waals surface area (Å²) in [6.07, 6.45) is 9.25. The Morgan fingerprint density at radius 3 is 2.89 bits per heavy atom. The van der Waals surface area contributed by atoms with Gasteiger partial charge in [-0.1, -0.05) is 13.3 Å². The van der Waals surface area contributed by atoms with Gasteiger partial charge in [-0.3, -0.25) is 9.59 Å². The van der Waals surface area contributed by atoms with E-state index >= 15 is 0 Å². The molecular formula is C20H30N6O2. The van der Waals surface area contributed by atoms with E-state index in [-0.39, 0.29) is 17.5 Å². The van der Waals surface area contributed by atoms with Gasteiger partial charge in [-0.25, -0.2) is 0 Å². The van der Waals surface area contributed by atoms with Gasteiger partial charge < -0.3 is 25.6 Å². The smallest absolute Gasteiger partial charge is 0.274 e. The molecule has 8 heteroatoms. The number of allylic oxidation sites excluding steroid dienone is 2. The van der Waals surface area contributed by atoms with Gasteiger partial charge in [0.15, 0.2) is 0 Å². The van der Waals surface area contributed by atoms with Crippen LogP contribution in [-0.4, -0.2) is 46.2 Å². The van der Waals surface area contributed by atoms with Crippen LogP contribution in [0.25, 0.3) is 10.9 Å². The van der Waals surface area contributed by atoms with Gasteiger partial charge >= 0.3 is 0 Å². The van der Waals surface area contributed by atoms with Crippen molar-refractivity contribution in [3.63, 3.8) is 0 Å². The quantitative estimate of drug-likeness (QED) is 0.348. The molecule has 0 radical (unpaired) electrons. The second-order valence-electron chi connectivity index (χ2n) is 6.97. The summed E-state index contributed by atoms with van der Waals surface area (Å²) >= 11 is 0. The monoisotopic (exact) mass is 386 g/mol. The van der Waals surface area contributed by atoms with E-state index in [0.717, 1.165) is 19.3 Å². The number of rotatable bonds is 9. The molecule has 0 saturated heterocycles. The maximum Gasteiger partial charge on any atom is 0.274 e. The molecule has 0 fully saturated rings. The summed E-state index contributed by atoms with van der Waals surface area (Å²) in [5, 5.41) is 4.74. The Labute approximate surface area is 165 Å². The molecule has 1 atom stereocenters. The highest BCUT2D eigenvalue weighted by atomic mass is 16.2. The van der Waals surface area contributed by atoms with Crippen molar-refractivity contribution in [1.29, 1.82) is 0 Å². The van der Waals surface area contributed by atoms with Crippen LogP contribution in [0.3, 0.4) is 0 Å². The average Bonchev–Trinajstić information content (AvgIpc) is 3.15. The molecule has 152 valence electrons. The summed E-state index contributed by atoms with van der Waals surface area (Å²) in [5.74, 6) is -0.0937. The van der Waals surface area contributed by atoms with E-state index in [4.69, 9.17) is 5.73 Å². The Kier molecular flexibility index (Phi) is 7.43. The van der Waals surface area contributed by atoms with E-state index in [1.54, 1.807) is 49.6 Å². The fourth-order valence-electron chi connectivity index (χ4n) is 3.16. The standard InChI is InChI=1S/C20H30N6O2/c1-5-6-15(8-12-24-23-11-7-14(2)21)26(4)19(27)17-13-25(3)20(28)18-16(17)9-10-22-18/h7,9-11,13,15,22,24H,5-6,8,12,21H2,1-4H3. The lowest BCUT2D eigenvalue weighted by atomic mass is 10.0. The molecular weight excluding hydrogens is 356 g/mol. The number of H-pyrrole nitrogens is 1. The highest BCUT2D eigenvalue weighted by Crippen LogP contribution is 2.19. The highest BCUT2D eigenvalue weighted by Gasteiger charge is 2.23. The number of amides is 1. The summed E-state index contributed by atoms with van der Waals surface area (Å²) in [5.41, 5.74) is 10.1. The van der Waals surface area contributed by atoms with Crippen LogP contribution in [0.15, 0.2) is 40.1 Å². The van der Waals surface area contributed by atoms with E-state index in [2.05, 4.69) is 22.4 Å². The zero-order valence-corrected chi connectivity index (χ0v) is 17.0. The fourth-order valence-corrected chi connectivity index (χ4v) is 3.16. The summed E-state index contributed by atoms with van der Waals surface area (Å²) < 4.78 is 1.44. The van der Waals surface area contributed by atoms with Crippen LogP contribution in [0.4, 0.5) is 0 Å². The molecule has 0 bridgehead atoms. The number of carbonyl (C=O) groups excluding carboxylic acids is 1. The number of aryl methyl sites for hydroxylation is 1. The van der Waals surface area contributed by atoms with Crippen molar-refractivity contribution in [1.82, 2.24) is 19.9 Å². The zero-order chi connectivity index (χ0) is 20.7. The third-order valence-electron chi connectivity index (χ3n) is 4.71. The van der Waals surface area contributed by atoms with Crippen LogP contribution >= 0.6 is 0 Å². The molecule has 1 amide bonds. The molecule has 0 aromatic carbocycles. The minimum atomic E-state index is -0.145. The third kappa shape index (κ3) is 5.03. The molecule has 0 aliphatic rings. The second kappa shape index (κ2) is 9.77. The number of fused-ring (bicyclic) bond motifs is 1. The van der Waals surface area contributed by atoms with Crippen molar-refractivity contribution in [2.24, 2.45) is 17.9 Å². The lowest BCUT2D eigenvalue weighted by Crippen LogP contribution is -2.39. The van der Waals surface area contributed by atoms with Crippen LogP contribution in [0.5, 0.6) is 0 Å². The zero-order valence-electron chi connectivity index (χ0n) is 17.0.